The minimum absolute atomic E-state index is 0.0592. The van der Waals surface area contributed by atoms with Crippen LogP contribution in [-0.2, 0) is 9.53 Å². The van der Waals surface area contributed by atoms with E-state index in [2.05, 4.69) is 5.32 Å². The Hall–Kier alpha value is -2.89. The lowest BCUT2D eigenvalue weighted by Crippen LogP contribution is -2.24. The zero-order valence-corrected chi connectivity index (χ0v) is 14.7. The zero-order chi connectivity index (χ0) is 18.6. The molecule has 2 rings (SSSR count). The summed E-state index contributed by atoms with van der Waals surface area (Å²) < 4.78 is 10.3. The van der Waals surface area contributed by atoms with Crippen molar-refractivity contribution in [3.63, 3.8) is 0 Å². The molecule has 0 fully saturated rings. The molecule has 0 saturated heterocycles. The number of rotatable bonds is 6. The molecule has 0 radical (unpaired) electrons. The number of carbonyl (C=O) groups is 3. The largest absolute Gasteiger partial charge is 0.454 e. The fourth-order valence-corrected chi connectivity index (χ4v) is 2.06. The van der Waals surface area contributed by atoms with Gasteiger partial charge < -0.3 is 14.5 Å². The third-order valence-electron chi connectivity index (χ3n) is 3.56. The number of aryl methyl sites for hydroxylation is 1. The third-order valence-corrected chi connectivity index (χ3v) is 3.56. The molecule has 1 N–H and O–H groups in total. The summed E-state index contributed by atoms with van der Waals surface area (Å²) in [5, 5.41) is 2.74. The number of benzene rings is 1. The second-order valence-electron chi connectivity index (χ2n) is 6.04. The number of esters is 1. The third kappa shape index (κ3) is 4.79. The highest BCUT2D eigenvalue weighted by Crippen LogP contribution is 2.15. The number of furan rings is 1. The molecule has 0 spiro atoms. The number of amides is 1. The highest BCUT2D eigenvalue weighted by atomic mass is 16.6. The lowest BCUT2D eigenvalue weighted by molar-refractivity contribution is -0.118. The highest BCUT2D eigenvalue weighted by molar-refractivity contribution is 6.01. The number of hydrogen-bond donors (Lipinski definition) is 1. The lowest BCUT2D eigenvalue weighted by Gasteiger charge is -2.12. The van der Waals surface area contributed by atoms with E-state index in [1.54, 1.807) is 51.1 Å². The van der Waals surface area contributed by atoms with Crippen LogP contribution in [0.3, 0.4) is 0 Å². The van der Waals surface area contributed by atoms with Crippen LogP contribution in [0.2, 0.25) is 0 Å². The van der Waals surface area contributed by atoms with Crippen molar-refractivity contribution in [3.8, 4) is 0 Å². The zero-order valence-electron chi connectivity index (χ0n) is 14.7. The quantitative estimate of drug-likeness (QED) is 0.639. The van der Waals surface area contributed by atoms with Gasteiger partial charge >= 0.3 is 5.97 Å². The fourth-order valence-electron chi connectivity index (χ4n) is 2.06. The average Bonchev–Trinajstić information content (AvgIpc) is 3.01. The van der Waals surface area contributed by atoms with Crippen molar-refractivity contribution >= 4 is 23.3 Å². The van der Waals surface area contributed by atoms with E-state index in [1.165, 1.54) is 13.0 Å². The Labute approximate surface area is 146 Å². The Kier molecular flexibility index (Phi) is 5.75. The molecule has 0 unspecified atom stereocenters. The van der Waals surface area contributed by atoms with Crippen LogP contribution in [0.25, 0.3) is 0 Å². The van der Waals surface area contributed by atoms with Gasteiger partial charge in [-0.05, 0) is 50.2 Å². The standard InChI is InChI=1S/C19H21NO5/c1-11(2)18(22)20-15-8-6-14(7-9-15)17(21)13(4)25-19(23)16-10-5-12(3)24-16/h5-11,13H,1-4H3,(H,20,22)/t13-/m1/s1. The molecule has 1 aromatic heterocycles. The Morgan fingerprint density at radius 3 is 2.16 bits per heavy atom. The van der Waals surface area contributed by atoms with Gasteiger partial charge in [-0.25, -0.2) is 4.79 Å². The molecular formula is C19H21NO5. The van der Waals surface area contributed by atoms with Gasteiger partial charge in [0, 0.05) is 17.2 Å². The SMILES string of the molecule is Cc1ccc(C(=O)O[C@H](C)C(=O)c2ccc(NC(=O)C(C)C)cc2)o1. The van der Waals surface area contributed by atoms with Crippen LogP contribution in [0.15, 0.2) is 40.8 Å². The van der Waals surface area contributed by atoms with E-state index in [0.717, 1.165) is 0 Å². The van der Waals surface area contributed by atoms with Crippen LogP contribution >= 0.6 is 0 Å². The first-order chi connectivity index (χ1) is 11.8. The van der Waals surface area contributed by atoms with E-state index in [-0.39, 0.29) is 23.4 Å². The van der Waals surface area contributed by atoms with Crippen molar-refractivity contribution in [1.29, 1.82) is 0 Å². The van der Waals surface area contributed by atoms with Gasteiger partial charge in [0.1, 0.15) is 5.76 Å². The Morgan fingerprint density at radius 2 is 1.64 bits per heavy atom. The van der Waals surface area contributed by atoms with E-state index in [1.807, 2.05) is 0 Å². The number of ketones is 1. The van der Waals surface area contributed by atoms with Crippen LogP contribution in [0.5, 0.6) is 0 Å². The number of nitrogens with one attached hydrogen (secondary N) is 1. The predicted molar refractivity (Wildman–Crippen MR) is 92.6 cm³/mol. The summed E-state index contributed by atoms with van der Waals surface area (Å²) in [6.07, 6.45) is -0.950. The average molecular weight is 343 g/mol. The molecule has 0 aliphatic heterocycles. The molecule has 0 bridgehead atoms. The highest BCUT2D eigenvalue weighted by Gasteiger charge is 2.22. The summed E-state index contributed by atoms with van der Waals surface area (Å²) in [6.45, 7) is 6.81. The second-order valence-corrected chi connectivity index (χ2v) is 6.04. The maximum atomic E-state index is 12.4. The van der Waals surface area contributed by atoms with Gasteiger partial charge in [-0.1, -0.05) is 13.8 Å². The topological polar surface area (TPSA) is 85.6 Å². The fraction of sp³-hybridized carbons (Fsp3) is 0.316. The molecule has 2 aromatic rings. The van der Waals surface area contributed by atoms with Crippen LogP contribution in [-0.4, -0.2) is 23.8 Å². The van der Waals surface area contributed by atoms with Gasteiger partial charge in [0.2, 0.25) is 17.5 Å². The monoisotopic (exact) mass is 343 g/mol. The van der Waals surface area contributed by atoms with Gasteiger partial charge in [0.05, 0.1) is 0 Å². The van der Waals surface area contributed by atoms with Crippen LogP contribution in [0.4, 0.5) is 5.69 Å². The first kappa shape index (κ1) is 18.4. The molecule has 1 atom stereocenters. The Morgan fingerprint density at radius 1 is 1.00 bits per heavy atom. The van der Waals surface area contributed by atoms with Gasteiger partial charge in [-0.15, -0.1) is 0 Å². The van der Waals surface area contributed by atoms with Crippen LogP contribution < -0.4 is 5.32 Å². The van der Waals surface area contributed by atoms with Gasteiger partial charge in [-0.2, -0.15) is 0 Å². The van der Waals surface area contributed by atoms with Crippen molar-refractivity contribution < 1.29 is 23.5 Å². The normalized spacial score (nSPS) is 11.9. The molecule has 6 nitrogen and oxygen atoms in total. The maximum absolute atomic E-state index is 12.4. The number of anilines is 1. The number of hydrogen-bond acceptors (Lipinski definition) is 5. The van der Waals surface area contributed by atoms with Crippen molar-refractivity contribution in [2.75, 3.05) is 5.32 Å². The molecule has 1 aromatic carbocycles. The molecule has 6 heteroatoms. The van der Waals surface area contributed by atoms with E-state index in [0.29, 0.717) is 17.0 Å². The molecule has 1 amide bonds. The Balaban J connectivity index is 1.99. The summed E-state index contributed by atoms with van der Waals surface area (Å²) in [6, 6.07) is 9.59. The smallest absolute Gasteiger partial charge is 0.374 e. The van der Waals surface area contributed by atoms with E-state index in [9.17, 15) is 14.4 Å². The summed E-state index contributed by atoms with van der Waals surface area (Å²) >= 11 is 0. The molecule has 1 heterocycles. The summed E-state index contributed by atoms with van der Waals surface area (Å²) in [4.78, 5) is 35.9. The van der Waals surface area contributed by atoms with Gasteiger partial charge in [0.25, 0.3) is 0 Å². The van der Waals surface area contributed by atoms with Crippen LogP contribution in [0.1, 0.15) is 47.4 Å². The molecule has 0 aliphatic rings. The van der Waals surface area contributed by atoms with Crippen molar-refractivity contribution in [2.24, 2.45) is 5.92 Å². The number of Topliss-reactive ketones (excluding diaryl/α,β-unsaturated/α-hetero) is 1. The minimum atomic E-state index is -0.950. The molecule has 25 heavy (non-hydrogen) atoms. The van der Waals surface area contributed by atoms with Gasteiger partial charge in [-0.3, -0.25) is 9.59 Å². The van der Waals surface area contributed by atoms with Crippen LogP contribution in [0, 0.1) is 12.8 Å². The van der Waals surface area contributed by atoms with Gasteiger partial charge in [0.15, 0.2) is 6.10 Å². The molecule has 0 saturated carbocycles. The first-order valence-corrected chi connectivity index (χ1v) is 8.00. The first-order valence-electron chi connectivity index (χ1n) is 8.00. The number of carbonyl (C=O) groups excluding carboxylic acids is 3. The van der Waals surface area contributed by atoms with E-state index >= 15 is 0 Å². The second kappa shape index (κ2) is 7.79. The van der Waals surface area contributed by atoms with E-state index in [4.69, 9.17) is 9.15 Å². The van der Waals surface area contributed by atoms with E-state index < -0.39 is 12.1 Å². The number of ether oxygens (including phenoxy) is 1. The lowest BCUT2D eigenvalue weighted by atomic mass is 10.1. The van der Waals surface area contributed by atoms with Crippen molar-refractivity contribution in [3.05, 3.63) is 53.5 Å². The summed E-state index contributed by atoms with van der Waals surface area (Å²) in [7, 11) is 0. The Bertz CT molecular complexity index is 773. The minimum Gasteiger partial charge on any atom is -0.454 e. The molecular weight excluding hydrogens is 322 g/mol. The van der Waals surface area contributed by atoms with Crippen molar-refractivity contribution in [1.82, 2.24) is 0 Å². The maximum Gasteiger partial charge on any atom is 0.374 e. The molecule has 132 valence electrons. The summed E-state index contributed by atoms with van der Waals surface area (Å²) in [5.41, 5.74) is 0.990. The predicted octanol–water partition coefficient (Wildman–Crippen LogP) is 3.61. The summed E-state index contributed by atoms with van der Waals surface area (Å²) in [5.74, 6) is -0.608. The van der Waals surface area contributed by atoms with Crippen molar-refractivity contribution in [2.45, 2.75) is 33.8 Å². The molecule has 0 aliphatic carbocycles.